The zero-order valence-corrected chi connectivity index (χ0v) is 16.3. The van der Waals surface area contributed by atoms with Gasteiger partial charge in [-0.25, -0.2) is 0 Å². The van der Waals surface area contributed by atoms with Crippen LogP contribution in [-0.2, 0) is 0 Å². The van der Waals surface area contributed by atoms with Crippen molar-refractivity contribution in [2.45, 2.75) is 25.8 Å². The Kier molecular flexibility index (Phi) is 7.14. The maximum absolute atomic E-state index is 12.8. The molecule has 0 bridgehead atoms. The first-order chi connectivity index (χ1) is 13.7. The second-order valence-electron chi connectivity index (χ2n) is 6.73. The minimum atomic E-state index is 0.00631. The summed E-state index contributed by atoms with van der Waals surface area (Å²) in [6, 6.07) is 15.1. The van der Waals surface area contributed by atoms with Crippen LogP contribution >= 0.6 is 0 Å². The number of amides is 1. The van der Waals surface area contributed by atoms with E-state index < -0.39 is 0 Å². The molecule has 1 aliphatic rings. The third-order valence-electron chi connectivity index (χ3n) is 4.67. The van der Waals surface area contributed by atoms with E-state index in [2.05, 4.69) is 0 Å². The Morgan fingerprint density at radius 1 is 1.00 bits per heavy atom. The van der Waals surface area contributed by atoms with Gasteiger partial charge in [-0.15, -0.1) is 0 Å². The van der Waals surface area contributed by atoms with Crippen LogP contribution in [0, 0.1) is 0 Å². The van der Waals surface area contributed by atoms with Crippen molar-refractivity contribution in [3.8, 4) is 17.2 Å². The number of benzene rings is 2. The number of carbonyl (C=O) groups excluding carboxylic acids is 1. The highest BCUT2D eigenvalue weighted by Gasteiger charge is 2.22. The fraction of sp³-hybridized carbons (Fsp3) is 0.409. The molecule has 28 heavy (non-hydrogen) atoms. The number of carbonyl (C=O) groups is 1. The lowest BCUT2D eigenvalue weighted by molar-refractivity contribution is 0.0714. The van der Waals surface area contributed by atoms with Gasteiger partial charge in [0, 0.05) is 24.7 Å². The first-order valence-electron chi connectivity index (χ1n) is 9.79. The lowest BCUT2D eigenvalue weighted by atomic mass is 10.0. The number of likely N-dealkylation sites (tertiary alicyclic amines) is 1. The molecule has 0 unspecified atom stereocenters. The third kappa shape index (κ3) is 5.39. The molecule has 1 amide bonds. The Morgan fingerprint density at radius 2 is 1.71 bits per heavy atom. The largest absolute Gasteiger partial charge is 0.490 e. The van der Waals surface area contributed by atoms with Crippen LogP contribution in [0.3, 0.4) is 0 Å². The van der Waals surface area contributed by atoms with Crippen molar-refractivity contribution in [3.63, 3.8) is 0 Å². The van der Waals surface area contributed by atoms with Crippen molar-refractivity contribution in [2.24, 2.45) is 5.73 Å². The molecule has 0 aliphatic carbocycles. The van der Waals surface area contributed by atoms with Crippen molar-refractivity contribution < 1.29 is 19.0 Å². The second-order valence-corrected chi connectivity index (χ2v) is 6.73. The van der Waals surface area contributed by atoms with E-state index in [1.807, 2.05) is 42.2 Å². The summed E-state index contributed by atoms with van der Waals surface area (Å²) in [4.78, 5) is 14.6. The van der Waals surface area contributed by atoms with Crippen molar-refractivity contribution >= 4 is 5.91 Å². The quantitative estimate of drug-likeness (QED) is 0.708. The lowest BCUT2D eigenvalue weighted by Gasteiger charge is -2.30. The second kappa shape index (κ2) is 9.99. The molecule has 6 nitrogen and oxygen atoms in total. The average molecular weight is 384 g/mol. The van der Waals surface area contributed by atoms with Gasteiger partial charge in [0.05, 0.1) is 6.61 Å². The number of hydrogen-bond donors (Lipinski definition) is 1. The van der Waals surface area contributed by atoms with Gasteiger partial charge in [-0.2, -0.15) is 0 Å². The molecule has 6 heteroatoms. The van der Waals surface area contributed by atoms with Crippen LogP contribution in [0.4, 0.5) is 0 Å². The highest BCUT2D eigenvalue weighted by atomic mass is 16.5. The molecule has 0 saturated carbocycles. The summed E-state index contributed by atoms with van der Waals surface area (Å²) >= 11 is 0. The van der Waals surface area contributed by atoms with Gasteiger partial charge in [-0.05, 0) is 50.1 Å². The number of nitrogens with zero attached hydrogens (tertiary/aromatic N) is 1. The number of ether oxygens (including phenoxy) is 3. The predicted octanol–water partition coefficient (Wildman–Crippen LogP) is 3.11. The summed E-state index contributed by atoms with van der Waals surface area (Å²) < 4.78 is 17.1. The van der Waals surface area contributed by atoms with Gasteiger partial charge >= 0.3 is 0 Å². The molecule has 0 radical (unpaired) electrons. The van der Waals surface area contributed by atoms with E-state index >= 15 is 0 Å². The Bertz CT molecular complexity index is 758. The van der Waals surface area contributed by atoms with E-state index in [4.69, 9.17) is 19.9 Å². The Balaban J connectivity index is 1.59. The highest BCUT2D eigenvalue weighted by Crippen LogP contribution is 2.29. The fourth-order valence-electron chi connectivity index (χ4n) is 3.14. The van der Waals surface area contributed by atoms with Crippen LogP contribution in [0.25, 0.3) is 0 Å². The van der Waals surface area contributed by atoms with E-state index in [0.717, 1.165) is 18.6 Å². The lowest BCUT2D eigenvalue weighted by Crippen LogP contribution is -2.42. The summed E-state index contributed by atoms with van der Waals surface area (Å²) in [6.07, 6.45) is 1.68. The fourth-order valence-corrected chi connectivity index (χ4v) is 3.14. The van der Waals surface area contributed by atoms with Gasteiger partial charge in [-0.3, -0.25) is 4.79 Å². The number of nitrogens with two attached hydrogens (primary N) is 1. The van der Waals surface area contributed by atoms with Crippen LogP contribution in [-0.4, -0.2) is 49.8 Å². The maximum atomic E-state index is 12.8. The van der Waals surface area contributed by atoms with Gasteiger partial charge in [0.1, 0.15) is 19.0 Å². The molecular formula is C22H28N2O4. The molecule has 2 N–H and O–H groups in total. The van der Waals surface area contributed by atoms with Crippen LogP contribution in [0.5, 0.6) is 17.2 Å². The molecule has 3 rings (SSSR count). The van der Waals surface area contributed by atoms with Gasteiger partial charge in [0.2, 0.25) is 0 Å². The molecule has 2 aromatic rings. The molecule has 1 aliphatic heterocycles. The third-order valence-corrected chi connectivity index (χ3v) is 4.67. The smallest absolute Gasteiger partial charge is 0.253 e. The number of hydrogen-bond acceptors (Lipinski definition) is 5. The molecule has 150 valence electrons. The average Bonchev–Trinajstić information content (AvgIpc) is 2.73. The maximum Gasteiger partial charge on any atom is 0.253 e. The first kappa shape index (κ1) is 20.0. The predicted molar refractivity (Wildman–Crippen MR) is 108 cm³/mol. The SMILES string of the molecule is CCOc1cc(C(=O)N2CCC(N)CC2)ccc1OCCOc1ccccc1. The zero-order valence-electron chi connectivity index (χ0n) is 16.3. The summed E-state index contributed by atoms with van der Waals surface area (Å²) in [6.45, 7) is 4.59. The summed E-state index contributed by atoms with van der Waals surface area (Å²) in [5, 5.41) is 0. The van der Waals surface area contributed by atoms with Gasteiger partial charge in [0.15, 0.2) is 11.5 Å². The van der Waals surface area contributed by atoms with Crippen LogP contribution in [0.2, 0.25) is 0 Å². The highest BCUT2D eigenvalue weighted by molar-refractivity contribution is 5.95. The molecule has 0 spiro atoms. The van der Waals surface area contributed by atoms with Crippen molar-refractivity contribution in [1.29, 1.82) is 0 Å². The molecular weight excluding hydrogens is 356 g/mol. The zero-order chi connectivity index (χ0) is 19.8. The van der Waals surface area contributed by atoms with E-state index in [9.17, 15) is 4.79 Å². The summed E-state index contributed by atoms with van der Waals surface area (Å²) in [7, 11) is 0. The molecule has 0 atom stereocenters. The molecule has 0 aromatic heterocycles. The monoisotopic (exact) mass is 384 g/mol. The van der Waals surface area contributed by atoms with E-state index in [0.29, 0.717) is 50.0 Å². The number of para-hydroxylation sites is 1. The Hall–Kier alpha value is -2.73. The van der Waals surface area contributed by atoms with Crippen LogP contribution < -0.4 is 19.9 Å². The number of rotatable bonds is 8. The van der Waals surface area contributed by atoms with E-state index in [-0.39, 0.29) is 11.9 Å². The van der Waals surface area contributed by atoms with Gasteiger partial charge in [0.25, 0.3) is 5.91 Å². The molecule has 1 saturated heterocycles. The topological polar surface area (TPSA) is 74.0 Å². The summed E-state index contributed by atoms with van der Waals surface area (Å²) in [5.74, 6) is 1.99. The van der Waals surface area contributed by atoms with E-state index in [1.54, 1.807) is 18.2 Å². The Labute approximate surface area is 166 Å². The van der Waals surface area contributed by atoms with Gasteiger partial charge in [-0.1, -0.05) is 18.2 Å². The summed E-state index contributed by atoms with van der Waals surface area (Å²) in [5.41, 5.74) is 6.53. The van der Waals surface area contributed by atoms with Crippen LogP contribution in [0.15, 0.2) is 48.5 Å². The van der Waals surface area contributed by atoms with Gasteiger partial charge < -0.3 is 24.8 Å². The minimum absolute atomic E-state index is 0.00631. The molecule has 1 heterocycles. The van der Waals surface area contributed by atoms with Crippen LogP contribution in [0.1, 0.15) is 30.1 Å². The van der Waals surface area contributed by atoms with Crippen molar-refractivity contribution in [3.05, 3.63) is 54.1 Å². The normalized spacial score (nSPS) is 14.6. The van der Waals surface area contributed by atoms with Crippen molar-refractivity contribution in [1.82, 2.24) is 4.90 Å². The van der Waals surface area contributed by atoms with Crippen molar-refractivity contribution in [2.75, 3.05) is 32.9 Å². The standard InChI is InChI=1S/C22H28N2O4/c1-2-26-21-16-17(22(25)24-12-10-18(23)11-13-24)8-9-20(21)28-15-14-27-19-6-4-3-5-7-19/h3-9,16,18H,2,10-15,23H2,1H3. The van der Waals surface area contributed by atoms with E-state index in [1.165, 1.54) is 0 Å². The molecule has 2 aromatic carbocycles. The number of piperidine rings is 1. The molecule has 1 fully saturated rings. The first-order valence-corrected chi connectivity index (χ1v) is 9.79. The Morgan fingerprint density at radius 3 is 2.43 bits per heavy atom. The minimum Gasteiger partial charge on any atom is -0.490 e.